The molecule has 0 aromatic rings. The minimum absolute atomic E-state index is 0.00523. The summed E-state index contributed by atoms with van der Waals surface area (Å²) in [5, 5.41) is 0. The lowest BCUT2D eigenvalue weighted by Gasteiger charge is -2.17. The highest BCUT2D eigenvalue weighted by Gasteiger charge is 2.44. The van der Waals surface area contributed by atoms with Crippen LogP contribution in [0.1, 0.15) is 32.6 Å². The van der Waals surface area contributed by atoms with Gasteiger partial charge in [-0.1, -0.05) is 0 Å². The van der Waals surface area contributed by atoms with Crippen LogP contribution >= 0.6 is 0 Å². The molecule has 0 aliphatic heterocycles. The summed E-state index contributed by atoms with van der Waals surface area (Å²) in [4.78, 5) is 32.6. The second kappa shape index (κ2) is 3.17. The van der Waals surface area contributed by atoms with Crippen LogP contribution in [0.25, 0.3) is 0 Å². The Hall–Kier alpha value is -0.990. The molecule has 0 spiro atoms. The Bertz CT molecular complexity index is 214. The van der Waals surface area contributed by atoms with Gasteiger partial charge in [-0.2, -0.15) is 0 Å². The Morgan fingerprint density at radius 1 is 1.33 bits per heavy atom. The van der Waals surface area contributed by atoms with Gasteiger partial charge in [0.1, 0.15) is 17.9 Å². The SMILES string of the molecule is CC1(CCC=O)C(=O)CCC1=O. The smallest absolute Gasteiger partial charge is 0.146 e. The molecule has 0 aromatic heterocycles. The van der Waals surface area contributed by atoms with Crippen molar-refractivity contribution in [3.8, 4) is 0 Å². The Morgan fingerprint density at radius 2 is 1.83 bits per heavy atom. The van der Waals surface area contributed by atoms with Gasteiger partial charge in [0.15, 0.2) is 0 Å². The highest BCUT2D eigenvalue weighted by atomic mass is 16.2. The molecule has 1 aliphatic carbocycles. The standard InChI is InChI=1S/C9H12O3/c1-9(5-2-6-10)7(11)3-4-8(9)12/h6H,2-5H2,1H3. The molecule has 1 fully saturated rings. The molecular formula is C9H12O3. The summed E-state index contributed by atoms with van der Waals surface area (Å²) in [6.07, 6.45) is 2.15. The molecular weight excluding hydrogens is 156 g/mol. The third kappa shape index (κ3) is 1.31. The maximum absolute atomic E-state index is 11.3. The van der Waals surface area contributed by atoms with Gasteiger partial charge in [-0.25, -0.2) is 0 Å². The number of hydrogen-bond acceptors (Lipinski definition) is 3. The van der Waals surface area contributed by atoms with Crippen LogP contribution in [0.3, 0.4) is 0 Å². The van der Waals surface area contributed by atoms with Crippen molar-refractivity contribution in [1.82, 2.24) is 0 Å². The third-order valence-corrected chi connectivity index (χ3v) is 2.57. The predicted molar refractivity (Wildman–Crippen MR) is 42.7 cm³/mol. The van der Waals surface area contributed by atoms with Crippen molar-refractivity contribution in [3.63, 3.8) is 0 Å². The first-order chi connectivity index (χ1) is 5.61. The van der Waals surface area contributed by atoms with E-state index in [9.17, 15) is 14.4 Å². The largest absolute Gasteiger partial charge is 0.303 e. The fraction of sp³-hybridized carbons (Fsp3) is 0.667. The van der Waals surface area contributed by atoms with Crippen molar-refractivity contribution in [1.29, 1.82) is 0 Å². The van der Waals surface area contributed by atoms with Crippen LogP contribution in [0.2, 0.25) is 0 Å². The zero-order chi connectivity index (χ0) is 9.19. The normalized spacial score (nSPS) is 21.4. The van der Waals surface area contributed by atoms with Gasteiger partial charge in [0.2, 0.25) is 0 Å². The van der Waals surface area contributed by atoms with Gasteiger partial charge in [0.25, 0.3) is 0 Å². The van der Waals surface area contributed by atoms with Crippen molar-refractivity contribution >= 4 is 17.9 Å². The van der Waals surface area contributed by atoms with Crippen LogP contribution in [-0.2, 0) is 14.4 Å². The molecule has 1 aliphatic rings. The first kappa shape index (κ1) is 9.10. The number of ketones is 2. The van der Waals surface area contributed by atoms with Crippen molar-refractivity contribution < 1.29 is 14.4 Å². The number of carbonyl (C=O) groups is 3. The Balaban J connectivity index is 2.72. The summed E-state index contributed by atoms with van der Waals surface area (Å²) in [5.41, 5.74) is -0.846. The van der Waals surface area contributed by atoms with E-state index in [2.05, 4.69) is 0 Å². The van der Waals surface area contributed by atoms with Crippen LogP contribution < -0.4 is 0 Å². The highest BCUT2D eigenvalue weighted by Crippen LogP contribution is 2.34. The molecule has 0 saturated heterocycles. The second-order valence-corrected chi connectivity index (χ2v) is 3.38. The van der Waals surface area contributed by atoms with Crippen molar-refractivity contribution in [3.05, 3.63) is 0 Å². The van der Waals surface area contributed by atoms with E-state index in [1.165, 1.54) is 0 Å². The first-order valence-corrected chi connectivity index (χ1v) is 4.11. The van der Waals surface area contributed by atoms with Gasteiger partial charge < -0.3 is 4.79 Å². The van der Waals surface area contributed by atoms with E-state index in [1.807, 2.05) is 0 Å². The molecule has 0 aromatic carbocycles. The maximum Gasteiger partial charge on any atom is 0.146 e. The Morgan fingerprint density at radius 3 is 2.25 bits per heavy atom. The Kier molecular flexibility index (Phi) is 2.40. The summed E-state index contributed by atoms with van der Waals surface area (Å²) < 4.78 is 0. The van der Waals surface area contributed by atoms with E-state index in [1.54, 1.807) is 6.92 Å². The van der Waals surface area contributed by atoms with E-state index in [0.717, 1.165) is 6.29 Å². The summed E-state index contributed by atoms with van der Waals surface area (Å²) >= 11 is 0. The average molecular weight is 168 g/mol. The van der Waals surface area contributed by atoms with E-state index in [0.29, 0.717) is 25.7 Å². The monoisotopic (exact) mass is 168 g/mol. The lowest BCUT2D eigenvalue weighted by Crippen LogP contribution is -2.29. The van der Waals surface area contributed by atoms with E-state index < -0.39 is 5.41 Å². The lowest BCUT2D eigenvalue weighted by molar-refractivity contribution is -0.134. The fourth-order valence-corrected chi connectivity index (χ4v) is 1.56. The van der Waals surface area contributed by atoms with Gasteiger partial charge in [-0.05, 0) is 13.3 Å². The molecule has 3 nitrogen and oxygen atoms in total. The van der Waals surface area contributed by atoms with Crippen LogP contribution in [0.15, 0.2) is 0 Å². The number of aldehydes is 1. The summed E-state index contributed by atoms with van der Waals surface area (Å²) in [6.45, 7) is 1.65. The molecule has 0 unspecified atom stereocenters. The van der Waals surface area contributed by atoms with E-state index in [4.69, 9.17) is 0 Å². The quantitative estimate of drug-likeness (QED) is 0.464. The minimum atomic E-state index is -0.846. The lowest BCUT2D eigenvalue weighted by atomic mass is 9.82. The van der Waals surface area contributed by atoms with Crippen molar-refractivity contribution in [2.75, 3.05) is 0 Å². The summed E-state index contributed by atoms with van der Waals surface area (Å²) in [6, 6.07) is 0. The van der Waals surface area contributed by atoms with Crippen molar-refractivity contribution in [2.24, 2.45) is 5.41 Å². The molecule has 0 atom stereocenters. The molecule has 66 valence electrons. The molecule has 0 radical (unpaired) electrons. The molecule has 0 bridgehead atoms. The van der Waals surface area contributed by atoms with Gasteiger partial charge in [-0.15, -0.1) is 0 Å². The molecule has 12 heavy (non-hydrogen) atoms. The molecule has 0 heterocycles. The van der Waals surface area contributed by atoms with E-state index in [-0.39, 0.29) is 11.6 Å². The first-order valence-electron chi connectivity index (χ1n) is 4.11. The minimum Gasteiger partial charge on any atom is -0.303 e. The number of Topliss-reactive ketones (excluding diaryl/α,β-unsaturated/α-hetero) is 2. The fourth-order valence-electron chi connectivity index (χ4n) is 1.56. The third-order valence-electron chi connectivity index (χ3n) is 2.57. The zero-order valence-corrected chi connectivity index (χ0v) is 7.13. The van der Waals surface area contributed by atoms with Crippen molar-refractivity contribution in [2.45, 2.75) is 32.6 Å². The van der Waals surface area contributed by atoms with Crippen LogP contribution in [0, 0.1) is 5.41 Å². The molecule has 1 saturated carbocycles. The molecule has 1 rings (SSSR count). The number of carbonyl (C=O) groups excluding carboxylic acids is 3. The average Bonchev–Trinajstić information content (AvgIpc) is 2.30. The molecule has 0 amide bonds. The number of rotatable bonds is 3. The Labute approximate surface area is 71.1 Å². The van der Waals surface area contributed by atoms with Gasteiger partial charge >= 0.3 is 0 Å². The molecule has 3 heteroatoms. The summed E-state index contributed by atoms with van der Waals surface area (Å²) in [5.74, 6) is -0.0105. The van der Waals surface area contributed by atoms with Gasteiger partial charge in [0.05, 0.1) is 5.41 Å². The number of hydrogen-bond donors (Lipinski definition) is 0. The van der Waals surface area contributed by atoms with Gasteiger partial charge in [-0.3, -0.25) is 9.59 Å². The second-order valence-electron chi connectivity index (χ2n) is 3.38. The van der Waals surface area contributed by atoms with Gasteiger partial charge in [0, 0.05) is 19.3 Å². The van der Waals surface area contributed by atoms with Crippen LogP contribution in [0.5, 0.6) is 0 Å². The topological polar surface area (TPSA) is 51.2 Å². The van der Waals surface area contributed by atoms with E-state index >= 15 is 0 Å². The predicted octanol–water partition coefficient (Wildman–Crippen LogP) is 0.904. The maximum atomic E-state index is 11.3. The van der Waals surface area contributed by atoms with Crippen LogP contribution in [-0.4, -0.2) is 17.9 Å². The molecule has 0 N–H and O–H groups in total. The summed E-state index contributed by atoms with van der Waals surface area (Å²) in [7, 11) is 0. The zero-order valence-electron chi connectivity index (χ0n) is 7.13. The van der Waals surface area contributed by atoms with Crippen LogP contribution in [0.4, 0.5) is 0 Å². The highest BCUT2D eigenvalue weighted by molar-refractivity contribution is 6.12.